The standard InChI is InChI=1S/C21H22N2O4/c24-20-6-2-9-23(20)14-15-4-1-5-16(12-15)21(25)22-17-7-8-18-19(13-17)27-11-3-10-26-18/h1,4-5,7-8,12-13H,2-3,6,9-11,14H2,(H,22,25). The lowest BCUT2D eigenvalue weighted by Crippen LogP contribution is -2.24. The number of likely N-dealkylation sites (tertiary alicyclic amines) is 1. The quantitative estimate of drug-likeness (QED) is 0.902. The van der Waals surface area contributed by atoms with Gasteiger partial charge in [0.05, 0.1) is 13.2 Å². The van der Waals surface area contributed by atoms with Crippen molar-refractivity contribution >= 4 is 17.5 Å². The zero-order chi connectivity index (χ0) is 18.6. The van der Waals surface area contributed by atoms with Crippen LogP contribution in [0.1, 0.15) is 35.2 Å². The Hall–Kier alpha value is -3.02. The van der Waals surface area contributed by atoms with Gasteiger partial charge in [0.1, 0.15) is 0 Å². The maximum atomic E-state index is 12.6. The molecule has 0 saturated carbocycles. The Bertz CT molecular complexity index is 865. The van der Waals surface area contributed by atoms with E-state index in [-0.39, 0.29) is 11.8 Å². The maximum Gasteiger partial charge on any atom is 0.255 e. The smallest absolute Gasteiger partial charge is 0.255 e. The van der Waals surface area contributed by atoms with Gasteiger partial charge < -0.3 is 19.7 Å². The van der Waals surface area contributed by atoms with E-state index in [1.54, 1.807) is 18.2 Å². The molecule has 1 saturated heterocycles. The fraction of sp³-hybridized carbons (Fsp3) is 0.333. The first-order valence-corrected chi connectivity index (χ1v) is 9.27. The van der Waals surface area contributed by atoms with Crippen LogP contribution in [0.4, 0.5) is 5.69 Å². The number of hydrogen-bond acceptors (Lipinski definition) is 4. The first-order chi connectivity index (χ1) is 13.2. The molecule has 2 aliphatic rings. The van der Waals surface area contributed by atoms with Gasteiger partial charge in [-0.25, -0.2) is 0 Å². The van der Waals surface area contributed by atoms with Gasteiger partial charge in [-0.15, -0.1) is 0 Å². The molecule has 0 radical (unpaired) electrons. The molecule has 27 heavy (non-hydrogen) atoms. The molecule has 4 rings (SSSR count). The number of ether oxygens (including phenoxy) is 2. The summed E-state index contributed by atoms with van der Waals surface area (Å²) >= 11 is 0. The van der Waals surface area contributed by atoms with E-state index in [1.807, 2.05) is 29.2 Å². The van der Waals surface area contributed by atoms with Crippen molar-refractivity contribution in [2.75, 3.05) is 25.1 Å². The van der Waals surface area contributed by atoms with Gasteiger partial charge >= 0.3 is 0 Å². The summed E-state index contributed by atoms with van der Waals surface area (Å²) in [5.41, 5.74) is 2.17. The van der Waals surface area contributed by atoms with Crippen LogP contribution in [0.2, 0.25) is 0 Å². The predicted octanol–water partition coefficient (Wildman–Crippen LogP) is 3.22. The van der Waals surface area contributed by atoms with E-state index in [0.29, 0.717) is 48.9 Å². The summed E-state index contributed by atoms with van der Waals surface area (Å²) in [6.45, 7) is 2.56. The van der Waals surface area contributed by atoms with Crippen molar-refractivity contribution in [3.8, 4) is 11.5 Å². The van der Waals surface area contributed by atoms with E-state index in [0.717, 1.165) is 24.9 Å². The highest BCUT2D eigenvalue weighted by atomic mass is 16.5. The van der Waals surface area contributed by atoms with Gasteiger partial charge in [0.2, 0.25) is 5.91 Å². The number of nitrogens with one attached hydrogen (secondary N) is 1. The lowest BCUT2D eigenvalue weighted by Gasteiger charge is -2.16. The second-order valence-corrected chi connectivity index (χ2v) is 6.79. The van der Waals surface area contributed by atoms with E-state index < -0.39 is 0 Å². The second kappa shape index (κ2) is 7.70. The lowest BCUT2D eigenvalue weighted by molar-refractivity contribution is -0.128. The molecule has 2 aromatic carbocycles. The van der Waals surface area contributed by atoms with Crippen LogP contribution in [0, 0.1) is 0 Å². The summed E-state index contributed by atoms with van der Waals surface area (Å²) in [4.78, 5) is 26.3. The third kappa shape index (κ3) is 4.05. The minimum Gasteiger partial charge on any atom is -0.490 e. The summed E-state index contributed by atoms with van der Waals surface area (Å²) in [6, 6.07) is 12.8. The summed E-state index contributed by atoms with van der Waals surface area (Å²) in [5, 5.41) is 2.90. The van der Waals surface area contributed by atoms with Crippen LogP contribution in [0.3, 0.4) is 0 Å². The van der Waals surface area contributed by atoms with Crippen molar-refractivity contribution < 1.29 is 19.1 Å². The molecule has 0 unspecified atom stereocenters. The fourth-order valence-electron chi connectivity index (χ4n) is 3.35. The Balaban J connectivity index is 1.46. The van der Waals surface area contributed by atoms with E-state index in [2.05, 4.69) is 5.32 Å². The van der Waals surface area contributed by atoms with Crippen molar-refractivity contribution in [3.05, 3.63) is 53.6 Å². The van der Waals surface area contributed by atoms with Crippen LogP contribution >= 0.6 is 0 Å². The minimum absolute atomic E-state index is 0.178. The van der Waals surface area contributed by atoms with Crippen molar-refractivity contribution in [1.82, 2.24) is 4.90 Å². The molecule has 1 fully saturated rings. The molecule has 140 valence electrons. The Labute approximate surface area is 158 Å². The number of carbonyl (C=O) groups excluding carboxylic acids is 2. The average molecular weight is 366 g/mol. The minimum atomic E-state index is -0.195. The van der Waals surface area contributed by atoms with Crippen molar-refractivity contribution in [3.63, 3.8) is 0 Å². The molecule has 0 bridgehead atoms. The number of rotatable bonds is 4. The van der Waals surface area contributed by atoms with Crippen LogP contribution in [-0.4, -0.2) is 36.5 Å². The molecule has 2 aromatic rings. The lowest BCUT2D eigenvalue weighted by atomic mass is 10.1. The summed E-state index contributed by atoms with van der Waals surface area (Å²) in [7, 11) is 0. The first-order valence-electron chi connectivity index (χ1n) is 9.27. The molecule has 1 N–H and O–H groups in total. The molecule has 0 aromatic heterocycles. The number of amides is 2. The first kappa shape index (κ1) is 17.4. The molecular weight excluding hydrogens is 344 g/mol. The third-order valence-corrected chi connectivity index (χ3v) is 4.74. The van der Waals surface area contributed by atoms with E-state index >= 15 is 0 Å². The molecule has 2 heterocycles. The van der Waals surface area contributed by atoms with Gasteiger partial charge in [-0.1, -0.05) is 12.1 Å². The molecule has 6 heteroatoms. The zero-order valence-corrected chi connectivity index (χ0v) is 15.1. The maximum absolute atomic E-state index is 12.6. The Morgan fingerprint density at radius 1 is 1.04 bits per heavy atom. The van der Waals surface area contributed by atoms with Gasteiger partial charge in [0, 0.05) is 43.2 Å². The largest absolute Gasteiger partial charge is 0.490 e. The molecule has 2 aliphatic heterocycles. The highest BCUT2D eigenvalue weighted by molar-refractivity contribution is 6.04. The van der Waals surface area contributed by atoms with Gasteiger partial charge in [-0.05, 0) is 36.2 Å². The second-order valence-electron chi connectivity index (χ2n) is 6.79. The van der Waals surface area contributed by atoms with Crippen LogP contribution < -0.4 is 14.8 Å². The molecule has 0 aliphatic carbocycles. The number of hydrogen-bond donors (Lipinski definition) is 1. The van der Waals surface area contributed by atoms with E-state index in [1.165, 1.54) is 0 Å². The number of anilines is 1. The number of fused-ring (bicyclic) bond motifs is 1. The van der Waals surface area contributed by atoms with Crippen LogP contribution in [-0.2, 0) is 11.3 Å². The van der Waals surface area contributed by atoms with Gasteiger partial charge in [-0.2, -0.15) is 0 Å². The van der Waals surface area contributed by atoms with Crippen LogP contribution in [0.5, 0.6) is 11.5 Å². The number of nitrogens with zero attached hydrogens (tertiary/aromatic N) is 1. The summed E-state index contributed by atoms with van der Waals surface area (Å²) in [6.07, 6.45) is 2.36. The van der Waals surface area contributed by atoms with E-state index in [4.69, 9.17) is 9.47 Å². The predicted molar refractivity (Wildman–Crippen MR) is 101 cm³/mol. The van der Waals surface area contributed by atoms with Gasteiger partial charge in [-0.3, -0.25) is 9.59 Å². The topological polar surface area (TPSA) is 67.9 Å². The fourth-order valence-corrected chi connectivity index (χ4v) is 3.35. The monoisotopic (exact) mass is 366 g/mol. The molecular formula is C21H22N2O4. The number of carbonyl (C=O) groups is 2. The van der Waals surface area contributed by atoms with Gasteiger partial charge in [0.15, 0.2) is 11.5 Å². The van der Waals surface area contributed by atoms with E-state index in [9.17, 15) is 9.59 Å². The van der Waals surface area contributed by atoms with Crippen LogP contribution in [0.25, 0.3) is 0 Å². The normalized spacial score (nSPS) is 16.1. The molecule has 2 amide bonds. The van der Waals surface area contributed by atoms with Crippen molar-refractivity contribution in [1.29, 1.82) is 0 Å². The summed E-state index contributed by atoms with van der Waals surface area (Å²) in [5.74, 6) is 1.32. The third-order valence-electron chi connectivity index (χ3n) is 4.74. The Morgan fingerprint density at radius 2 is 1.89 bits per heavy atom. The zero-order valence-electron chi connectivity index (χ0n) is 15.1. The van der Waals surface area contributed by atoms with Gasteiger partial charge in [0.25, 0.3) is 5.91 Å². The number of benzene rings is 2. The molecule has 0 spiro atoms. The Morgan fingerprint density at radius 3 is 2.70 bits per heavy atom. The van der Waals surface area contributed by atoms with Crippen molar-refractivity contribution in [2.45, 2.75) is 25.8 Å². The average Bonchev–Trinajstić information content (AvgIpc) is 2.93. The molecule has 6 nitrogen and oxygen atoms in total. The Kier molecular flexibility index (Phi) is 4.96. The highest BCUT2D eigenvalue weighted by Gasteiger charge is 2.20. The molecule has 0 atom stereocenters. The highest BCUT2D eigenvalue weighted by Crippen LogP contribution is 2.32. The van der Waals surface area contributed by atoms with Crippen molar-refractivity contribution in [2.24, 2.45) is 0 Å². The SMILES string of the molecule is O=C(Nc1ccc2c(c1)OCCCO2)c1cccc(CN2CCCC2=O)c1. The summed E-state index contributed by atoms with van der Waals surface area (Å²) < 4.78 is 11.3. The van der Waals surface area contributed by atoms with Crippen LogP contribution in [0.15, 0.2) is 42.5 Å².